The minimum absolute atomic E-state index is 0.0631. The second-order valence-electron chi connectivity index (χ2n) is 6.81. The molecular formula is C19H29NO3. The van der Waals surface area contributed by atoms with E-state index in [0.29, 0.717) is 12.8 Å². The van der Waals surface area contributed by atoms with E-state index < -0.39 is 17.7 Å². The van der Waals surface area contributed by atoms with E-state index in [1.54, 1.807) is 0 Å². The zero-order valence-corrected chi connectivity index (χ0v) is 14.7. The van der Waals surface area contributed by atoms with Crippen LogP contribution in [0.1, 0.15) is 58.9 Å². The Morgan fingerprint density at radius 2 is 1.78 bits per heavy atom. The van der Waals surface area contributed by atoms with E-state index in [4.69, 9.17) is 4.74 Å². The summed E-state index contributed by atoms with van der Waals surface area (Å²) in [6.45, 7) is 7.52. The van der Waals surface area contributed by atoms with Crippen molar-refractivity contribution in [3.05, 3.63) is 35.9 Å². The number of benzene rings is 1. The summed E-state index contributed by atoms with van der Waals surface area (Å²) in [5.74, 6) is 0.0631. The van der Waals surface area contributed by atoms with Crippen molar-refractivity contribution < 1.29 is 14.3 Å². The largest absolute Gasteiger partial charge is 0.444 e. The molecule has 23 heavy (non-hydrogen) atoms. The lowest BCUT2D eigenvalue weighted by atomic mass is 9.99. The van der Waals surface area contributed by atoms with Crippen molar-refractivity contribution in [2.24, 2.45) is 0 Å². The Hall–Kier alpha value is -1.84. The Balaban J connectivity index is 2.71. The van der Waals surface area contributed by atoms with E-state index in [1.165, 1.54) is 0 Å². The van der Waals surface area contributed by atoms with Crippen molar-refractivity contribution in [3.63, 3.8) is 0 Å². The molecule has 0 bridgehead atoms. The number of amides is 1. The summed E-state index contributed by atoms with van der Waals surface area (Å²) >= 11 is 0. The second kappa shape index (κ2) is 9.33. The summed E-state index contributed by atoms with van der Waals surface area (Å²) < 4.78 is 5.28. The number of nitrogens with one attached hydrogen (secondary N) is 1. The molecule has 4 heteroatoms. The number of unbranched alkanes of at least 4 members (excludes halogenated alkanes) is 2. The Bertz CT molecular complexity index is 491. The molecule has 0 spiro atoms. The fourth-order valence-corrected chi connectivity index (χ4v) is 2.27. The molecule has 1 atom stereocenters. The third-order valence-electron chi connectivity index (χ3n) is 3.39. The van der Waals surface area contributed by atoms with Gasteiger partial charge in [-0.1, -0.05) is 50.1 Å². The highest BCUT2D eigenvalue weighted by Gasteiger charge is 2.24. The van der Waals surface area contributed by atoms with Crippen molar-refractivity contribution in [1.29, 1.82) is 0 Å². The zero-order chi connectivity index (χ0) is 17.3. The summed E-state index contributed by atoms with van der Waals surface area (Å²) in [4.78, 5) is 24.5. The van der Waals surface area contributed by atoms with Gasteiger partial charge in [0.15, 0.2) is 5.78 Å². The van der Waals surface area contributed by atoms with Crippen LogP contribution in [-0.4, -0.2) is 23.5 Å². The lowest BCUT2D eigenvalue weighted by Crippen LogP contribution is -2.44. The maximum atomic E-state index is 12.5. The second-order valence-corrected chi connectivity index (χ2v) is 6.81. The van der Waals surface area contributed by atoms with Crippen LogP contribution in [-0.2, 0) is 16.0 Å². The molecular weight excluding hydrogens is 290 g/mol. The topological polar surface area (TPSA) is 55.4 Å². The molecule has 0 saturated heterocycles. The van der Waals surface area contributed by atoms with Gasteiger partial charge in [-0.2, -0.15) is 0 Å². The highest BCUT2D eigenvalue weighted by Crippen LogP contribution is 2.11. The zero-order valence-electron chi connectivity index (χ0n) is 14.7. The molecule has 0 saturated carbocycles. The molecule has 0 aromatic heterocycles. The summed E-state index contributed by atoms with van der Waals surface area (Å²) in [6.07, 6.45) is 3.39. The Kier molecular flexibility index (Phi) is 7.79. The molecule has 0 fully saturated rings. The van der Waals surface area contributed by atoms with Gasteiger partial charge < -0.3 is 10.1 Å². The first kappa shape index (κ1) is 19.2. The van der Waals surface area contributed by atoms with E-state index >= 15 is 0 Å². The van der Waals surface area contributed by atoms with E-state index in [-0.39, 0.29) is 5.78 Å². The predicted octanol–water partition coefficient (Wildman–Crippen LogP) is 4.27. The van der Waals surface area contributed by atoms with Crippen LogP contribution in [0, 0.1) is 0 Å². The van der Waals surface area contributed by atoms with Crippen molar-refractivity contribution in [2.75, 3.05) is 0 Å². The predicted molar refractivity (Wildman–Crippen MR) is 92.5 cm³/mol. The summed E-state index contributed by atoms with van der Waals surface area (Å²) in [6, 6.07) is 9.18. The van der Waals surface area contributed by atoms with Gasteiger partial charge in [0.25, 0.3) is 0 Å². The van der Waals surface area contributed by atoms with Crippen molar-refractivity contribution >= 4 is 11.9 Å². The fraction of sp³-hybridized carbons (Fsp3) is 0.579. The molecule has 0 aliphatic heterocycles. The lowest BCUT2D eigenvalue weighted by Gasteiger charge is -2.23. The molecule has 0 unspecified atom stereocenters. The van der Waals surface area contributed by atoms with Crippen molar-refractivity contribution in [1.82, 2.24) is 5.32 Å². The van der Waals surface area contributed by atoms with Crippen LogP contribution < -0.4 is 5.32 Å². The molecule has 1 N–H and O–H groups in total. The Morgan fingerprint density at radius 1 is 1.13 bits per heavy atom. The lowest BCUT2D eigenvalue weighted by molar-refractivity contribution is -0.121. The van der Waals surface area contributed by atoms with Crippen LogP contribution in [0.5, 0.6) is 0 Å². The third kappa shape index (κ3) is 8.38. The van der Waals surface area contributed by atoms with Gasteiger partial charge in [-0.25, -0.2) is 4.79 Å². The molecule has 1 aromatic rings. The number of Topliss-reactive ketones (excluding diaryl/α,β-unsaturated/α-hetero) is 1. The molecule has 128 valence electrons. The van der Waals surface area contributed by atoms with E-state index in [0.717, 1.165) is 24.8 Å². The number of carbonyl (C=O) groups is 2. The first-order valence-corrected chi connectivity index (χ1v) is 8.38. The van der Waals surface area contributed by atoms with Gasteiger partial charge in [-0.05, 0) is 39.2 Å². The number of rotatable bonds is 8. The summed E-state index contributed by atoms with van der Waals surface area (Å²) in [5, 5.41) is 2.74. The van der Waals surface area contributed by atoms with Crippen molar-refractivity contribution in [3.8, 4) is 0 Å². The van der Waals surface area contributed by atoms with Gasteiger partial charge in [0.2, 0.25) is 0 Å². The van der Waals surface area contributed by atoms with Crippen LogP contribution in [0.3, 0.4) is 0 Å². The number of ether oxygens (including phenoxy) is 1. The highest BCUT2D eigenvalue weighted by molar-refractivity contribution is 5.87. The number of carbonyl (C=O) groups excluding carboxylic acids is 2. The Morgan fingerprint density at radius 3 is 2.35 bits per heavy atom. The molecule has 1 rings (SSSR count). The van der Waals surface area contributed by atoms with Gasteiger partial charge in [-0.3, -0.25) is 4.79 Å². The highest BCUT2D eigenvalue weighted by atomic mass is 16.6. The summed E-state index contributed by atoms with van der Waals surface area (Å²) in [5.41, 5.74) is 0.449. The van der Waals surface area contributed by atoms with E-state index in [1.807, 2.05) is 51.1 Å². The minimum Gasteiger partial charge on any atom is -0.444 e. The monoisotopic (exact) mass is 319 g/mol. The molecule has 0 radical (unpaired) electrons. The molecule has 0 heterocycles. The maximum Gasteiger partial charge on any atom is 0.408 e. The summed E-state index contributed by atoms with van der Waals surface area (Å²) in [7, 11) is 0. The van der Waals surface area contributed by atoms with Gasteiger partial charge in [0.05, 0.1) is 6.04 Å². The molecule has 0 aliphatic rings. The molecule has 1 aromatic carbocycles. The SMILES string of the molecule is CCCCCC(=O)[C@H](Cc1ccccc1)NC(=O)OC(C)(C)C. The first-order valence-electron chi connectivity index (χ1n) is 8.38. The van der Waals surface area contributed by atoms with Crippen molar-refractivity contribution in [2.45, 2.75) is 71.4 Å². The average molecular weight is 319 g/mol. The van der Waals surface area contributed by atoms with Crippen LogP contribution >= 0.6 is 0 Å². The average Bonchev–Trinajstić information content (AvgIpc) is 2.46. The van der Waals surface area contributed by atoms with Crippen LogP contribution in [0.25, 0.3) is 0 Å². The number of ketones is 1. The minimum atomic E-state index is -0.577. The van der Waals surface area contributed by atoms with Gasteiger partial charge in [-0.15, -0.1) is 0 Å². The van der Waals surface area contributed by atoms with Gasteiger partial charge >= 0.3 is 6.09 Å². The molecule has 1 amide bonds. The van der Waals surface area contributed by atoms with Gasteiger partial charge in [0.1, 0.15) is 5.60 Å². The molecule has 0 aliphatic carbocycles. The quantitative estimate of drug-likeness (QED) is 0.728. The smallest absolute Gasteiger partial charge is 0.408 e. The van der Waals surface area contributed by atoms with Crippen LogP contribution in [0.15, 0.2) is 30.3 Å². The fourth-order valence-electron chi connectivity index (χ4n) is 2.27. The van der Waals surface area contributed by atoms with Crippen LogP contribution in [0.2, 0.25) is 0 Å². The number of hydrogen-bond acceptors (Lipinski definition) is 3. The standard InChI is InChI=1S/C19H29NO3/c1-5-6-8-13-17(21)16(14-15-11-9-7-10-12-15)20-18(22)23-19(2,3)4/h7,9-12,16H,5-6,8,13-14H2,1-4H3,(H,20,22)/t16-/m0/s1. The van der Waals surface area contributed by atoms with Crippen LogP contribution in [0.4, 0.5) is 4.79 Å². The normalized spacial score (nSPS) is 12.5. The maximum absolute atomic E-state index is 12.5. The van der Waals surface area contributed by atoms with E-state index in [9.17, 15) is 9.59 Å². The first-order chi connectivity index (χ1) is 10.8. The Labute approximate surface area is 139 Å². The third-order valence-corrected chi connectivity index (χ3v) is 3.39. The molecule has 4 nitrogen and oxygen atoms in total. The number of alkyl carbamates (subject to hydrolysis) is 1. The van der Waals surface area contributed by atoms with Gasteiger partial charge in [0, 0.05) is 6.42 Å². The number of hydrogen-bond donors (Lipinski definition) is 1. The van der Waals surface area contributed by atoms with E-state index in [2.05, 4.69) is 12.2 Å².